The number of rotatable bonds is 5. The van der Waals surface area contributed by atoms with Crippen LogP contribution < -0.4 is 4.31 Å². The van der Waals surface area contributed by atoms with Gasteiger partial charge >= 0.3 is 17.8 Å². The van der Waals surface area contributed by atoms with E-state index in [0.29, 0.717) is 29.1 Å². The lowest BCUT2D eigenvalue weighted by Crippen LogP contribution is -2.37. The molecule has 0 aliphatic carbocycles. The molecule has 2 aliphatic heterocycles. The summed E-state index contributed by atoms with van der Waals surface area (Å²) in [6.07, 6.45) is 1.58. The van der Waals surface area contributed by atoms with Gasteiger partial charge in [-0.2, -0.15) is 0 Å². The summed E-state index contributed by atoms with van der Waals surface area (Å²) < 4.78 is 24.8. The van der Waals surface area contributed by atoms with Gasteiger partial charge in [-0.25, -0.2) is 18.1 Å². The topological polar surface area (TPSA) is 112 Å². The number of fused-ring (bicyclic) bond motifs is 1. The lowest BCUT2D eigenvalue weighted by molar-refractivity contribution is -0.143. The highest BCUT2D eigenvalue weighted by atomic mass is 32.2. The average molecular weight is 379 g/mol. The van der Waals surface area contributed by atoms with E-state index in [0.717, 1.165) is 11.2 Å². The first-order chi connectivity index (χ1) is 12.1. The van der Waals surface area contributed by atoms with Crippen LogP contribution in [-0.2, 0) is 26.0 Å². The number of urea groups is 1. The second-order valence-corrected chi connectivity index (χ2v) is 7.98. The molecule has 26 heavy (non-hydrogen) atoms. The van der Waals surface area contributed by atoms with E-state index < -0.39 is 40.2 Å². The molecule has 0 radical (unpaired) electrons. The average Bonchev–Trinajstić information content (AvgIpc) is 3.09. The van der Waals surface area contributed by atoms with Crippen molar-refractivity contribution in [2.24, 2.45) is 0 Å². The fourth-order valence-electron chi connectivity index (χ4n) is 3.09. The van der Waals surface area contributed by atoms with Crippen LogP contribution in [0.1, 0.15) is 22.8 Å². The van der Waals surface area contributed by atoms with E-state index in [4.69, 9.17) is 0 Å². The van der Waals surface area contributed by atoms with Gasteiger partial charge in [-0.3, -0.25) is 23.6 Å². The molecule has 2 heterocycles. The van der Waals surface area contributed by atoms with Crippen molar-refractivity contribution >= 4 is 39.3 Å². The van der Waals surface area contributed by atoms with Gasteiger partial charge in [-0.1, -0.05) is 0 Å². The Morgan fingerprint density at radius 1 is 1.12 bits per heavy atom. The maximum atomic E-state index is 12.5. The second kappa shape index (κ2) is 6.20. The minimum Gasteiger partial charge on any atom is -0.292 e. The standard InChI is InChI=1S/C16H17N3O6S/c1-3-17-14(21)15(22)18(16(17)23)9-13(20)11-4-5-12-10(8-11)6-7-19(12)26(2,24)25/h4-5,8H,3,6-7,9H2,1-2H3. The quantitative estimate of drug-likeness (QED) is 0.404. The van der Waals surface area contributed by atoms with Crippen molar-refractivity contribution in [1.29, 1.82) is 0 Å². The normalized spacial score (nSPS) is 17.3. The second-order valence-electron chi connectivity index (χ2n) is 6.08. The number of nitrogens with zero attached hydrogens (tertiary/aromatic N) is 3. The van der Waals surface area contributed by atoms with Gasteiger partial charge in [0.1, 0.15) is 0 Å². The number of likely N-dealkylation sites (N-methyl/N-ethyl adjacent to an activating group) is 1. The van der Waals surface area contributed by atoms with Crippen molar-refractivity contribution in [2.75, 3.05) is 30.2 Å². The molecule has 138 valence electrons. The predicted molar refractivity (Wildman–Crippen MR) is 91.2 cm³/mol. The summed E-state index contributed by atoms with van der Waals surface area (Å²) in [6, 6.07) is 3.75. The van der Waals surface area contributed by atoms with Crippen LogP contribution in [0.3, 0.4) is 0 Å². The number of carbonyl (C=O) groups excluding carboxylic acids is 4. The molecule has 0 bridgehead atoms. The van der Waals surface area contributed by atoms with Gasteiger partial charge in [-0.05, 0) is 37.1 Å². The number of imide groups is 2. The third-order valence-corrected chi connectivity index (χ3v) is 5.59. The SMILES string of the molecule is CCN1C(=O)C(=O)N(CC(=O)c2ccc3c(c2)CCN3S(C)(=O)=O)C1=O. The van der Waals surface area contributed by atoms with E-state index in [-0.39, 0.29) is 12.1 Å². The van der Waals surface area contributed by atoms with Crippen LogP contribution in [0.15, 0.2) is 18.2 Å². The van der Waals surface area contributed by atoms with Crippen LogP contribution in [0.5, 0.6) is 0 Å². The molecule has 0 N–H and O–H groups in total. The third kappa shape index (κ3) is 2.85. The summed E-state index contributed by atoms with van der Waals surface area (Å²) in [4.78, 5) is 49.5. The number of Topliss-reactive ketones (excluding diaryl/α,β-unsaturated/α-hetero) is 1. The van der Waals surface area contributed by atoms with Crippen molar-refractivity contribution in [2.45, 2.75) is 13.3 Å². The lowest BCUT2D eigenvalue weighted by atomic mass is 10.0. The molecule has 10 heteroatoms. The molecule has 0 unspecified atom stereocenters. The van der Waals surface area contributed by atoms with E-state index in [1.54, 1.807) is 13.0 Å². The van der Waals surface area contributed by atoms with Crippen molar-refractivity contribution in [3.63, 3.8) is 0 Å². The van der Waals surface area contributed by atoms with Gasteiger partial charge < -0.3 is 0 Å². The Bertz CT molecular complexity index is 939. The molecule has 9 nitrogen and oxygen atoms in total. The molecule has 0 saturated carbocycles. The summed E-state index contributed by atoms with van der Waals surface area (Å²) in [5, 5.41) is 0. The smallest absolute Gasteiger partial charge is 0.292 e. The molecule has 1 saturated heterocycles. The van der Waals surface area contributed by atoms with E-state index >= 15 is 0 Å². The zero-order valence-corrected chi connectivity index (χ0v) is 15.1. The lowest BCUT2D eigenvalue weighted by Gasteiger charge is -2.17. The minimum absolute atomic E-state index is 0.0499. The summed E-state index contributed by atoms with van der Waals surface area (Å²) in [5.41, 5.74) is 1.47. The minimum atomic E-state index is -3.39. The zero-order chi connectivity index (χ0) is 19.2. The number of amides is 4. The van der Waals surface area contributed by atoms with Crippen LogP contribution >= 0.6 is 0 Å². The van der Waals surface area contributed by atoms with Crippen molar-refractivity contribution in [1.82, 2.24) is 9.80 Å². The molecule has 3 rings (SSSR count). The Kier molecular flexibility index (Phi) is 4.31. The first kappa shape index (κ1) is 18.1. The molecule has 1 aromatic carbocycles. The van der Waals surface area contributed by atoms with E-state index in [2.05, 4.69) is 0 Å². The molecule has 4 amide bonds. The monoisotopic (exact) mass is 379 g/mol. The number of hydrogen-bond donors (Lipinski definition) is 0. The molecule has 1 fully saturated rings. The highest BCUT2D eigenvalue weighted by Gasteiger charge is 2.44. The molecule has 0 spiro atoms. The van der Waals surface area contributed by atoms with Crippen LogP contribution in [0, 0.1) is 0 Å². The zero-order valence-electron chi connectivity index (χ0n) is 14.3. The van der Waals surface area contributed by atoms with Crippen molar-refractivity contribution < 1.29 is 27.6 Å². The number of carbonyl (C=O) groups is 4. The summed E-state index contributed by atoms with van der Waals surface area (Å²) in [5.74, 6) is -2.46. The van der Waals surface area contributed by atoms with Gasteiger partial charge in [0.25, 0.3) is 0 Å². The number of benzene rings is 1. The summed E-state index contributed by atoms with van der Waals surface area (Å²) >= 11 is 0. The Balaban J connectivity index is 1.81. The van der Waals surface area contributed by atoms with Gasteiger partial charge in [0.2, 0.25) is 10.0 Å². The largest absolute Gasteiger partial charge is 0.334 e. The molecular formula is C16H17N3O6S. The van der Waals surface area contributed by atoms with Crippen molar-refractivity contribution in [3.05, 3.63) is 29.3 Å². The number of ketones is 1. The molecular weight excluding hydrogens is 362 g/mol. The van der Waals surface area contributed by atoms with Crippen LogP contribution in [-0.4, -0.2) is 67.7 Å². The molecule has 1 aromatic rings. The van der Waals surface area contributed by atoms with E-state index in [1.807, 2.05) is 0 Å². The Morgan fingerprint density at radius 2 is 1.77 bits per heavy atom. The maximum Gasteiger partial charge on any atom is 0.334 e. The number of hydrogen-bond acceptors (Lipinski definition) is 6. The van der Waals surface area contributed by atoms with Crippen LogP contribution in [0.25, 0.3) is 0 Å². The fourth-order valence-corrected chi connectivity index (χ4v) is 4.05. The highest BCUT2D eigenvalue weighted by molar-refractivity contribution is 7.92. The molecule has 2 aliphatic rings. The maximum absolute atomic E-state index is 12.5. The fraction of sp³-hybridized carbons (Fsp3) is 0.375. The van der Waals surface area contributed by atoms with Gasteiger partial charge in [-0.15, -0.1) is 0 Å². The van der Waals surface area contributed by atoms with E-state index in [9.17, 15) is 27.6 Å². The van der Waals surface area contributed by atoms with Crippen LogP contribution in [0.2, 0.25) is 0 Å². The highest BCUT2D eigenvalue weighted by Crippen LogP contribution is 2.31. The Hall–Kier alpha value is -2.75. The first-order valence-electron chi connectivity index (χ1n) is 7.96. The third-order valence-electron chi connectivity index (χ3n) is 4.41. The Morgan fingerprint density at radius 3 is 2.35 bits per heavy atom. The number of anilines is 1. The van der Waals surface area contributed by atoms with Crippen molar-refractivity contribution in [3.8, 4) is 0 Å². The molecule has 0 atom stereocenters. The van der Waals surface area contributed by atoms with Gasteiger partial charge in [0, 0.05) is 18.7 Å². The summed E-state index contributed by atoms with van der Waals surface area (Å²) in [6.45, 7) is 1.38. The van der Waals surface area contributed by atoms with Gasteiger partial charge in [0.15, 0.2) is 5.78 Å². The molecule has 0 aromatic heterocycles. The van der Waals surface area contributed by atoms with E-state index in [1.165, 1.54) is 16.4 Å². The Labute approximate surface area is 150 Å². The van der Waals surface area contributed by atoms with Crippen LogP contribution in [0.4, 0.5) is 10.5 Å². The first-order valence-corrected chi connectivity index (χ1v) is 9.81. The summed E-state index contributed by atoms with van der Waals surface area (Å²) in [7, 11) is -3.39. The predicted octanol–water partition coefficient (Wildman–Crippen LogP) is 0.00210. The number of sulfonamides is 1. The van der Waals surface area contributed by atoms with Gasteiger partial charge in [0.05, 0.1) is 18.5 Å².